The summed E-state index contributed by atoms with van der Waals surface area (Å²) in [7, 11) is 0. The zero-order valence-corrected chi connectivity index (χ0v) is 11.5. The van der Waals surface area contributed by atoms with Gasteiger partial charge in [0.2, 0.25) is 0 Å². The number of benzene rings is 1. The van der Waals surface area contributed by atoms with Crippen LogP contribution in [0.25, 0.3) is 0 Å². The Kier molecular flexibility index (Phi) is 3.69. The Hall–Kier alpha value is -1.06. The Bertz CT molecular complexity index is 554. The molecule has 1 aromatic heterocycles. The fourth-order valence-corrected chi connectivity index (χ4v) is 2.46. The Balaban J connectivity index is 2.43. The molecule has 0 fully saturated rings. The SMILES string of the molecule is CCc1c[nH]c(=S)n1C(C)c1ccc(Cl)cc1. The first-order valence-corrected chi connectivity index (χ1v) is 6.46. The van der Waals surface area contributed by atoms with E-state index in [-0.39, 0.29) is 6.04 Å². The number of halogens is 1. The number of hydrogen-bond acceptors (Lipinski definition) is 1. The van der Waals surface area contributed by atoms with Crippen LogP contribution in [0.5, 0.6) is 0 Å². The minimum Gasteiger partial charge on any atom is -0.337 e. The molecule has 2 aromatic rings. The monoisotopic (exact) mass is 266 g/mol. The molecule has 17 heavy (non-hydrogen) atoms. The molecule has 0 aliphatic carbocycles. The Morgan fingerprint density at radius 3 is 2.59 bits per heavy atom. The maximum atomic E-state index is 5.90. The lowest BCUT2D eigenvalue weighted by Crippen LogP contribution is -2.09. The molecule has 0 bridgehead atoms. The normalized spacial score (nSPS) is 12.6. The lowest BCUT2D eigenvalue weighted by atomic mass is 10.1. The number of H-pyrrole nitrogens is 1. The summed E-state index contributed by atoms with van der Waals surface area (Å²) >= 11 is 11.2. The third kappa shape index (κ3) is 2.45. The Morgan fingerprint density at radius 2 is 2.00 bits per heavy atom. The van der Waals surface area contributed by atoms with Crippen molar-refractivity contribution in [1.82, 2.24) is 9.55 Å². The number of aromatic amines is 1. The summed E-state index contributed by atoms with van der Waals surface area (Å²) in [5.74, 6) is 0. The summed E-state index contributed by atoms with van der Waals surface area (Å²) in [6.07, 6.45) is 2.94. The summed E-state index contributed by atoms with van der Waals surface area (Å²) < 4.78 is 2.92. The summed E-state index contributed by atoms with van der Waals surface area (Å²) in [5, 5.41) is 0.759. The molecule has 1 atom stereocenters. The van der Waals surface area contributed by atoms with Crippen molar-refractivity contribution in [2.75, 3.05) is 0 Å². The molecule has 4 heteroatoms. The van der Waals surface area contributed by atoms with E-state index in [1.807, 2.05) is 30.5 Å². The molecule has 0 amide bonds. The number of aromatic nitrogens is 2. The summed E-state index contributed by atoms with van der Waals surface area (Å²) in [5.41, 5.74) is 2.43. The molecule has 1 N–H and O–H groups in total. The smallest absolute Gasteiger partial charge is 0.177 e. The van der Waals surface area contributed by atoms with Gasteiger partial charge in [-0.2, -0.15) is 0 Å². The lowest BCUT2D eigenvalue weighted by molar-refractivity contribution is 0.604. The minimum absolute atomic E-state index is 0.223. The largest absolute Gasteiger partial charge is 0.337 e. The molecular formula is C13H15ClN2S. The van der Waals surface area contributed by atoms with Crippen LogP contribution in [0.15, 0.2) is 30.5 Å². The first-order chi connectivity index (χ1) is 8.13. The second-order valence-corrected chi connectivity index (χ2v) is 4.86. The van der Waals surface area contributed by atoms with Gasteiger partial charge in [-0.05, 0) is 43.3 Å². The van der Waals surface area contributed by atoms with E-state index in [0.717, 1.165) is 16.2 Å². The zero-order valence-electron chi connectivity index (χ0n) is 9.90. The van der Waals surface area contributed by atoms with Crippen LogP contribution in [0.3, 0.4) is 0 Å². The van der Waals surface area contributed by atoms with E-state index in [4.69, 9.17) is 23.8 Å². The van der Waals surface area contributed by atoms with Crippen LogP contribution >= 0.6 is 23.8 Å². The van der Waals surface area contributed by atoms with Crippen molar-refractivity contribution < 1.29 is 0 Å². The van der Waals surface area contributed by atoms with Crippen LogP contribution in [-0.2, 0) is 6.42 Å². The molecule has 0 radical (unpaired) electrons. The maximum Gasteiger partial charge on any atom is 0.177 e. The van der Waals surface area contributed by atoms with Gasteiger partial charge in [-0.1, -0.05) is 30.7 Å². The Labute approximate surface area is 111 Å². The average molecular weight is 267 g/mol. The predicted molar refractivity (Wildman–Crippen MR) is 74.3 cm³/mol. The van der Waals surface area contributed by atoms with Crippen LogP contribution in [0.1, 0.15) is 31.1 Å². The molecule has 1 aromatic carbocycles. The first-order valence-electron chi connectivity index (χ1n) is 5.67. The van der Waals surface area contributed by atoms with E-state index in [1.165, 1.54) is 11.3 Å². The van der Waals surface area contributed by atoms with Gasteiger partial charge in [-0.25, -0.2) is 0 Å². The quantitative estimate of drug-likeness (QED) is 0.818. The summed E-state index contributed by atoms with van der Waals surface area (Å²) in [6.45, 7) is 4.27. The molecule has 1 unspecified atom stereocenters. The number of nitrogens with zero attached hydrogens (tertiary/aromatic N) is 1. The van der Waals surface area contributed by atoms with Gasteiger partial charge in [0.25, 0.3) is 0 Å². The lowest BCUT2D eigenvalue weighted by Gasteiger charge is -2.16. The average Bonchev–Trinajstić information content (AvgIpc) is 2.70. The fourth-order valence-electron chi connectivity index (χ4n) is 2.00. The third-order valence-corrected chi connectivity index (χ3v) is 3.56. The standard InChI is InChI=1S/C13H15ClN2S/c1-3-12-8-15-13(17)16(12)9(2)10-4-6-11(14)7-5-10/h4-9H,3H2,1-2H3,(H,15,17). The Morgan fingerprint density at radius 1 is 1.35 bits per heavy atom. The molecule has 1 heterocycles. The predicted octanol–water partition coefficient (Wildman–Crippen LogP) is 4.37. The van der Waals surface area contributed by atoms with Crippen LogP contribution in [0, 0.1) is 4.77 Å². The molecule has 2 nitrogen and oxygen atoms in total. The highest BCUT2D eigenvalue weighted by Gasteiger charge is 2.12. The molecule has 0 aliphatic rings. The third-order valence-electron chi connectivity index (χ3n) is 2.99. The molecule has 90 valence electrons. The topological polar surface area (TPSA) is 20.7 Å². The second-order valence-electron chi connectivity index (χ2n) is 4.04. The van der Waals surface area contributed by atoms with Crippen molar-refractivity contribution in [2.45, 2.75) is 26.3 Å². The van der Waals surface area contributed by atoms with Crippen molar-refractivity contribution in [3.8, 4) is 0 Å². The van der Waals surface area contributed by atoms with Gasteiger partial charge in [-0.3, -0.25) is 0 Å². The van der Waals surface area contributed by atoms with E-state index in [0.29, 0.717) is 0 Å². The molecule has 0 saturated carbocycles. The summed E-state index contributed by atoms with van der Waals surface area (Å²) in [4.78, 5) is 3.10. The highest BCUT2D eigenvalue weighted by Crippen LogP contribution is 2.22. The van der Waals surface area contributed by atoms with Gasteiger partial charge in [0.05, 0.1) is 6.04 Å². The van der Waals surface area contributed by atoms with Gasteiger partial charge in [-0.15, -0.1) is 0 Å². The maximum absolute atomic E-state index is 5.90. The zero-order chi connectivity index (χ0) is 12.4. The van der Waals surface area contributed by atoms with E-state index in [9.17, 15) is 0 Å². The molecular weight excluding hydrogens is 252 g/mol. The van der Waals surface area contributed by atoms with Crippen molar-refractivity contribution in [3.05, 3.63) is 51.5 Å². The van der Waals surface area contributed by atoms with Gasteiger partial charge >= 0.3 is 0 Å². The minimum atomic E-state index is 0.223. The molecule has 0 spiro atoms. The van der Waals surface area contributed by atoms with Crippen LogP contribution in [0.2, 0.25) is 5.02 Å². The number of aryl methyl sites for hydroxylation is 1. The van der Waals surface area contributed by atoms with Crippen LogP contribution in [-0.4, -0.2) is 9.55 Å². The van der Waals surface area contributed by atoms with E-state index < -0.39 is 0 Å². The highest BCUT2D eigenvalue weighted by atomic mass is 35.5. The van der Waals surface area contributed by atoms with Gasteiger partial charge in [0.15, 0.2) is 4.77 Å². The number of imidazole rings is 1. The van der Waals surface area contributed by atoms with Gasteiger partial charge in [0, 0.05) is 16.9 Å². The van der Waals surface area contributed by atoms with Crippen molar-refractivity contribution in [1.29, 1.82) is 0 Å². The molecule has 0 aliphatic heterocycles. The number of nitrogens with one attached hydrogen (secondary N) is 1. The van der Waals surface area contributed by atoms with Crippen LogP contribution in [0.4, 0.5) is 0 Å². The second kappa shape index (κ2) is 5.07. The van der Waals surface area contributed by atoms with Crippen molar-refractivity contribution in [3.63, 3.8) is 0 Å². The van der Waals surface area contributed by atoms with Gasteiger partial charge in [0.1, 0.15) is 0 Å². The molecule has 2 rings (SSSR count). The van der Waals surface area contributed by atoms with Crippen molar-refractivity contribution in [2.24, 2.45) is 0 Å². The van der Waals surface area contributed by atoms with E-state index >= 15 is 0 Å². The van der Waals surface area contributed by atoms with Crippen LogP contribution < -0.4 is 0 Å². The van der Waals surface area contributed by atoms with Gasteiger partial charge < -0.3 is 9.55 Å². The van der Waals surface area contributed by atoms with E-state index in [2.05, 4.69) is 23.4 Å². The van der Waals surface area contributed by atoms with Crippen molar-refractivity contribution >= 4 is 23.8 Å². The van der Waals surface area contributed by atoms with E-state index in [1.54, 1.807) is 0 Å². The molecule has 0 saturated heterocycles. The summed E-state index contributed by atoms with van der Waals surface area (Å²) in [6, 6.07) is 8.13. The highest BCUT2D eigenvalue weighted by molar-refractivity contribution is 7.71. The first kappa shape index (κ1) is 12.4. The fraction of sp³-hybridized carbons (Fsp3) is 0.308. The number of rotatable bonds is 3. The number of hydrogen-bond donors (Lipinski definition) is 1.